The molecule has 5 aromatic rings. The zero-order valence-corrected chi connectivity index (χ0v) is 17.4. The lowest BCUT2D eigenvalue weighted by atomic mass is 10.1. The van der Waals surface area contributed by atoms with Crippen molar-refractivity contribution in [1.82, 2.24) is 30.5 Å². The van der Waals surface area contributed by atoms with E-state index in [-0.39, 0.29) is 5.65 Å². The number of hydrogen-bond donors (Lipinski definition) is 3. The fourth-order valence-electron chi connectivity index (χ4n) is 3.21. The molecule has 10 heteroatoms. The van der Waals surface area contributed by atoms with Gasteiger partial charge in [0.2, 0.25) is 11.3 Å². The van der Waals surface area contributed by atoms with Crippen molar-refractivity contribution >= 4 is 34.8 Å². The first-order valence-corrected chi connectivity index (χ1v) is 9.90. The summed E-state index contributed by atoms with van der Waals surface area (Å²) in [6.45, 7) is 4.09. The van der Waals surface area contributed by atoms with Crippen molar-refractivity contribution in [3.8, 4) is 11.3 Å². The summed E-state index contributed by atoms with van der Waals surface area (Å²) in [6, 6.07) is 15.9. The average molecular weight is 425 g/mol. The number of aromatic nitrogens is 6. The lowest BCUT2D eigenvalue weighted by molar-refractivity contribution is 0.314. The van der Waals surface area contributed by atoms with E-state index in [9.17, 15) is 0 Å². The quantitative estimate of drug-likeness (QED) is 0.272. The van der Waals surface area contributed by atoms with Crippen molar-refractivity contribution in [3.05, 3.63) is 71.4 Å². The summed E-state index contributed by atoms with van der Waals surface area (Å²) in [6.07, 6.45) is 3.37. The van der Waals surface area contributed by atoms with Crippen LogP contribution in [0, 0.1) is 13.8 Å². The molecule has 32 heavy (non-hydrogen) atoms. The van der Waals surface area contributed by atoms with Gasteiger partial charge in [0.25, 0.3) is 0 Å². The highest BCUT2D eigenvalue weighted by molar-refractivity contribution is 5.89. The molecule has 0 atom stereocenters. The molecule has 0 fully saturated rings. The van der Waals surface area contributed by atoms with Gasteiger partial charge in [0.1, 0.15) is 0 Å². The molecule has 0 saturated heterocycles. The Morgan fingerprint density at radius 3 is 2.53 bits per heavy atom. The van der Waals surface area contributed by atoms with Crippen molar-refractivity contribution in [2.45, 2.75) is 13.8 Å². The van der Waals surface area contributed by atoms with Crippen LogP contribution in [0.25, 0.3) is 22.6 Å². The van der Waals surface area contributed by atoms with E-state index in [0.29, 0.717) is 17.3 Å². The molecule has 158 valence electrons. The van der Waals surface area contributed by atoms with Crippen molar-refractivity contribution in [2.75, 3.05) is 10.7 Å². The van der Waals surface area contributed by atoms with Crippen LogP contribution in [-0.2, 0) is 0 Å². The van der Waals surface area contributed by atoms with Gasteiger partial charge < -0.3 is 5.32 Å². The van der Waals surface area contributed by atoms with Gasteiger partial charge in [-0.3, -0.25) is 10.5 Å². The third-order valence-corrected chi connectivity index (χ3v) is 5.08. The van der Waals surface area contributed by atoms with Gasteiger partial charge in [-0.25, -0.2) is 9.61 Å². The molecule has 2 aromatic carbocycles. The molecule has 3 aromatic heterocycles. The van der Waals surface area contributed by atoms with Gasteiger partial charge in [0.15, 0.2) is 11.6 Å². The third-order valence-electron chi connectivity index (χ3n) is 5.08. The fraction of sp³-hybridized carbons (Fsp3) is 0.0909. The summed E-state index contributed by atoms with van der Waals surface area (Å²) in [5, 5.41) is 22.4. The highest BCUT2D eigenvalue weighted by Gasteiger charge is 2.14. The largest absolute Gasteiger partial charge is 0.337 e. The second-order valence-corrected chi connectivity index (χ2v) is 7.14. The van der Waals surface area contributed by atoms with Crippen LogP contribution in [0.15, 0.2) is 64.5 Å². The number of fused-ring (bicyclic) bond motifs is 1. The molecule has 0 radical (unpaired) electrons. The maximum absolute atomic E-state index is 4.76. The first kappa shape index (κ1) is 19.4. The first-order valence-electron chi connectivity index (χ1n) is 9.90. The third kappa shape index (κ3) is 3.76. The van der Waals surface area contributed by atoms with Crippen LogP contribution in [0.4, 0.5) is 17.3 Å². The van der Waals surface area contributed by atoms with Crippen molar-refractivity contribution in [1.29, 1.82) is 0 Å². The molecule has 0 bridgehead atoms. The van der Waals surface area contributed by atoms with E-state index >= 15 is 0 Å². The number of H-pyrrole nitrogens is 1. The minimum atomic E-state index is 0.280. The van der Waals surface area contributed by atoms with Crippen LogP contribution >= 0.6 is 0 Å². The number of nitrogens with zero attached hydrogens (tertiary/aromatic N) is 6. The Morgan fingerprint density at radius 2 is 1.72 bits per heavy atom. The number of aryl methyl sites for hydroxylation is 1. The fourth-order valence-corrected chi connectivity index (χ4v) is 3.21. The van der Waals surface area contributed by atoms with E-state index in [1.54, 1.807) is 12.4 Å². The molecule has 10 nitrogen and oxygen atoms in total. The monoisotopic (exact) mass is 425 g/mol. The zero-order valence-electron chi connectivity index (χ0n) is 17.4. The van der Waals surface area contributed by atoms with Gasteiger partial charge in [0, 0.05) is 16.8 Å². The van der Waals surface area contributed by atoms with Crippen molar-refractivity contribution in [2.24, 2.45) is 5.10 Å². The Bertz CT molecular complexity index is 1410. The number of hydrazone groups is 1. The number of benzene rings is 2. The minimum absolute atomic E-state index is 0.280. The van der Waals surface area contributed by atoms with Crippen molar-refractivity contribution < 1.29 is 4.63 Å². The zero-order chi connectivity index (χ0) is 21.9. The van der Waals surface area contributed by atoms with E-state index in [4.69, 9.17) is 4.63 Å². The van der Waals surface area contributed by atoms with E-state index in [0.717, 1.165) is 33.6 Å². The number of rotatable bonds is 6. The number of anilines is 3. The normalized spacial score (nSPS) is 11.3. The van der Waals surface area contributed by atoms with Gasteiger partial charge in [0.05, 0.1) is 18.1 Å². The Morgan fingerprint density at radius 1 is 0.938 bits per heavy atom. The second kappa shape index (κ2) is 8.26. The summed E-state index contributed by atoms with van der Waals surface area (Å²) in [5.41, 5.74) is 9.40. The number of nitrogens with one attached hydrogen (secondary N) is 3. The van der Waals surface area contributed by atoms with E-state index in [1.807, 2.05) is 49.4 Å². The van der Waals surface area contributed by atoms with Gasteiger partial charge in [-0.1, -0.05) is 42.5 Å². The van der Waals surface area contributed by atoms with Gasteiger partial charge in [-0.15, -0.1) is 0 Å². The lowest BCUT2D eigenvalue weighted by Gasteiger charge is -2.12. The van der Waals surface area contributed by atoms with Crippen LogP contribution < -0.4 is 10.7 Å². The molecule has 0 unspecified atom stereocenters. The van der Waals surface area contributed by atoms with Crippen LogP contribution in [0.5, 0.6) is 0 Å². The van der Waals surface area contributed by atoms with Gasteiger partial charge in [-0.2, -0.15) is 15.2 Å². The summed E-state index contributed by atoms with van der Waals surface area (Å²) in [5.74, 6) is 0.838. The Kier molecular flexibility index (Phi) is 5.00. The molecule has 3 N–H and O–H groups in total. The molecule has 3 heterocycles. The second-order valence-electron chi connectivity index (χ2n) is 7.14. The van der Waals surface area contributed by atoms with Crippen LogP contribution in [0.1, 0.15) is 16.7 Å². The van der Waals surface area contributed by atoms with Crippen LogP contribution in [0.3, 0.4) is 0 Å². The average Bonchev–Trinajstić information content (AvgIpc) is 3.47. The maximum atomic E-state index is 4.76. The van der Waals surface area contributed by atoms with E-state index in [1.165, 1.54) is 0 Å². The molecule has 0 saturated carbocycles. The van der Waals surface area contributed by atoms with Gasteiger partial charge >= 0.3 is 0 Å². The summed E-state index contributed by atoms with van der Waals surface area (Å²) >= 11 is 0. The SMILES string of the molecule is Cc1cccc(Nc2nc3nonc3nc2N/N=C\c2cn[nH]c2-c2ccccc2)c1C. The predicted molar refractivity (Wildman–Crippen MR) is 122 cm³/mol. The molecule has 0 aliphatic carbocycles. The molecule has 0 spiro atoms. The summed E-state index contributed by atoms with van der Waals surface area (Å²) in [4.78, 5) is 8.93. The van der Waals surface area contributed by atoms with Gasteiger partial charge in [-0.05, 0) is 41.4 Å². The number of aromatic amines is 1. The minimum Gasteiger partial charge on any atom is -0.337 e. The highest BCUT2D eigenvalue weighted by atomic mass is 16.6. The maximum Gasteiger partial charge on any atom is 0.245 e. The van der Waals surface area contributed by atoms with E-state index in [2.05, 4.69) is 59.3 Å². The highest BCUT2D eigenvalue weighted by Crippen LogP contribution is 2.27. The standard InChI is InChI=1S/C22H19N9O/c1-13-7-6-10-17(14(13)2)25-19-20(27-22-21(26-19)30-32-31-22)29-24-12-16-11-23-28-18(16)15-8-4-3-5-9-15/h3-12H,1-2H3,(H,23,28)(H,25,26,30)(H,27,29,31)/b24-12-. The number of hydrogen-bond acceptors (Lipinski definition) is 9. The Labute approximate surface area is 182 Å². The summed E-state index contributed by atoms with van der Waals surface area (Å²) in [7, 11) is 0. The first-order chi connectivity index (χ1) is 15.7. The topological polar surface area (TPSA) is 130 Å². The van der Waals surface area contributed by atoms with E-state index < -0.39 is 0 Å². The Hall–Kier alpha value is -4.60. The smallest absolute Gasteiger partial charge is 0.245 e. The molecule has 5 rings (SSSR count). The lowest BCUT2D eigenvalue weighted by Crippen LogP contribution is -2.04. The van der Waals surface area contributed by atoms with Crippen LogP contribution in [0.2, 0.25) is 0 Å². The van der Waals surface area contributed by atoms with Crippen molar-refractivity contribution in [3.63, 3.8) is 0 Å². The van der Waals surface area contributed by atoms with Crippen LogP contribution in [-0.4, -0.2) is 36.7 Å². The molecule has 0 aliphatic heterocycles. The molecular weight excluding hydrogens is 406 g/mol. The Balaban J connectivity index is 1.45. The molecular formula is C22H19N9O. The predicted octanol–water partition coefficient (Wildman–Crippen LogP) is 4.21. The summed E-state index contributed by atoms with van der Waals surface area (Å²) < 4.78 is 4.76. The molecule has 0 aliphatic rings. The molecule has 0 amide bonds.